The van der Waals surface area contributed by atoms with Crippen molar-refractivity contribution in [1.29, 1.82) is 0 Å². The van der Waals surface area contributed by atoms with Crippen molar-refractivity contribution >= 4 is 39.5 Å². The van der Waals surface area contributed by atoms with Crippen LogP contribution in [0.25, 0.3) is 0 Å². The number of aliphatic hydroxyl groups is 1. The molecule has 3 N–H and O–H groups in total. The smallest absolute Gasteiger partial charge is 0.462 e. The summed E-state index contributed by atoms with van der Waals surface area (Å²) in [5, 5.41) is 10.6. The van der Waals surface area contributed by atoms with Crippen molar-refractivity contribution < 1.29 is 80.2 Å². The van der Waals surface area contributed by atoms with Gasteiger partial charge in [0.15, 0.2) is 12.2 Å². The minimum atomic E-state index is -5.00. The molecular formula is C85H142O17P2. The van der Waals surface area contributed by atoms with Crippen LogP contribution in [0.15, 0.2) is 146 Å². The molecule has 104 heavy (non-hydrogen) atoms. The Morgan fingerprint density at radius 2 is 0.510 bits per heavy atom. The predicted octanol–water partition coefficient (Wildman–Crippen LogP) is 23.4. The highest BCUT2D eigenvalue weighted by molar-refractivity contribution is 7.47. The van der Waals surface area contributed by atoms with Crippen LogP contribution in [0.5, 0.6) is 0 Å². The van der Waals surface area contributed by atoms with E-state index in [9.17, 15) is 43.2 Å². The molecule has 0 aliphatic heterocycles. The molecule has 0 aliphatic carbocycles. The van der Waals surface area contributed by atoms with Crippen molar-refractivity contribution in [3.8, 4) is 0 Å². The Balaban J connectivity index is 5.44. The zero-order chi connectivity index (χ0) is 76.0. The maximum atomic E-state index is 13.1. The fraction of sp³-hybridized carbons (Fsp3) is 0.671. The van der Waals surface area contributed by atoms with Gasteiger partial charge in [-0.15, -0.1) is 0 Å². The van der Waals surface area contributed by atoms with E-state index in [2.05, 4.69) is 161 Å². The molecule has 0 aromatic heterocycles. The third-order valence-electron chi connectivity index (χ3n) is 16.3. The first-order valence-electron chi connectivity index (χ1n) is 40.1. The molecule has 0 amide bonds. The molecule has 0 aromatic carbocycles. The topological polar surface area (TPSA) is 237 Å². The van der Waals surface area contributed by atoms with E-state index >= 15 is 0 Å². The van der Waals surface area contributed by atoms with Gasteiger partial charge < -0.3 is 33.8 Å². The Morgan fingerprint density at radius 3 is 0.837 bits per heavy atom. The fourth-order valence-electron chi connectivity index (χ4n) is 10.2. The second-order valence-corrected chi connectivity index (χ2v) is 29.1. The first-order chi connectivity index (χ1) is 50.7. The molecule has 0 rings (SSSR count). The van der Waals surface area contributed by atoms with Gasteiger partial charge in [0.05, 0.1) is 26.4 Å². The van der Waals surface area contributed by atoms with Crippen molar-refractivity contribution in [3.63, 3.8) is 0 Å². The van der Waals surface area contributed by atoms with E-state index in [0.717, 1.165) is 161 Å². The number of allylic oxidation sites excluding steroid dienone is 24. The molecule has 19 heteroatoms. The summed E-state index contributed by atoms with van der Waals surface area (Å²) in [4.78, 5) is 73.0. The molecule has 0 bridgehead atoms. The van der Waals surface area contributed by atoms with Crippen LogP contribution in [0.3, 0.4) is 0 Å². The van der Waals surface area contributed by atoms with Gasteiger partial charge in [0, 0.05) is 25.7 Å². The summed E-state index contributed by atoms with van der Waals surface area (Å²) in [6.45, 7) is 4.51. The van der Waals surface area contributed by atoms with Crippen molar-refractivity contribution in [2.45, 2.75) is 329 Å². The third kappa shape index (κ3) is 75.2. The highest BCUT2D eigenvalue weighted by Crippen LogP contribution is 2.45. The monoisotopic (exact) mass is 1500 g/mol. The molecule has 5 unspecified atom stereocenters. The number of rotatable bonds is 74. The zero-order valence-corrected chi connectivity index (χ0v) is 66.7. The van der Waals surface area contributed by atoms with Crippen molar-refractivity contribution in [3.05, 3.63) is 146 Å². The second-order valence-electron chi connectivity index (χ2n) is 26.2. The standard InChI is InChI=1S/C85H142O17P2/c1-5-9-13-17-21-25-29-33-36-38-39-41-44-47-50-54-58-62-66-70-83(88)96-76-81(102-85(90)72-68-64-60-56-52-48-42-35-31-27-23-19-15-11-7-3)78-100-104(93,94)98-74-79(86)73-97-103(91,92)99-77-80(101-84(89)71-67-63-59-55-51-45-32-28-24-20-16-12-8-4)75-95-82(87)69-65-61-57-53-49-46-43-40-37-34-30-26-22-18-14-10-6-2/h9-10,13-14,21-22,25-26,28,32-37,39,41-43,46-47,50,53,57,79-81,86H,5-8,11-12,15-20,23-24,27,29-31,38,40,44-45,48-49,51-52,54-56,58-78H2,1-4H3,(H,91,92)(H,93,94)/b13-9-,14-10-,25-21-,26-22-,32-28-,36-33-,37-34-,41-39-,42-35-,46-43-,50-47-,57-53-. The number of hydrogen-bond donors (Lipinski definition) is 3. The van der Waals surface area contributed by atoms with Crippen LogP contribution in [0.4, 0.5) is 0 Å². The Morgan fingerprint density at radius 1 is 0.279 bits per heavy atom. The largest absolute Gasteiger partial charge is 0.472 e. The summed E-state index contributed by atoms with van der Waals surface area (Å²) in [5.74, 6) is -2.30. The third-order valence-corrected chi connectivity index (χ3v) is 18.2. The number of esters is 4. The molecule has 0 aliphatic rings. The Labute approximate surface area is 630 Å². The average Bonchev–Trinajstić information content (AvgIpc) is 0.911. The fourth-order valence-corrected chi connectivity index (χ4v) is 11.8. The van der Waals surface area contributed by atoms with Gasteiger partial charge in [0.25, 0.3) is 0 Å². The van der Waals surface area contributed by atoms with Crippen LogP contribution in [-0.2, 0) is 65.4 Å². The highest BCUT2D eigenvalue weighted by Gasteiger charge is 2.30. The molecule has 0 spiro atoms. The molecular weight excluding hydrogens is 1350 g/mol. The SMILES string of the molecule is CC/C=C\C/C=C\C/C=C\C/C=C\C/C=C\CCCCCC(=O)OCC(COP(=O)(O)OCC(O)COP(=O)(O)OCC(COC(=O)CCC/C=C\C/C=C\C/C=C\C/C=C\C/C=C\CC)OC(=O)CCCCCCC/C=C\CCCCCC)OC(=O)CCCCCCC/C=C\CCCCCCCC. The number of carbonyl (C=O) groups excluding carboxylic acids is 4. The van der Waals surface area contributed by atoms with Gasteiger partial charge in [-0.2, -0.15) is 0 Å². The van der Waals surface area contributed by atoms with E-state index in [0.29, 0.717) is 32.1 Å². The van der Waals surface area contributed by atoms with Crippen LogP contribution in [0.2, 0.25) is 0 Å². The van der Waals surface area contributed by atoms with E-state index in [4.69, 9.17) is 37.0 Å². The van der Waals surface area contributed by atoms with Crippen LogP contribution in [0, 0.1) is 0 Å². The highest BCUT2D eigenvalue weighted by atomic mass is 31.2. The van der Waals surface area contributed by atoms with Gasteiger partial charge in [0.2, 0.25) is 0 Å². The summed E-state index contributed by atoms with van der Waals surface area (Å²) in [6.07, 6.45) is 86.9. The zero-order valence-electron chi connectivity index (χ0n) is 64.9. The van der Waals surface area contributed by atoms with Crippen LogP contribution >= 0.6 is 15.6 Å². The summed E-state index contributed by atoms with van der Waals surface area (Å²) < 4.78 is 68.5. The van der Waals surface area contributed by atoms with Crippen molar-refractivity contribution in [2.24, 2.45) is 0 Å². The Kier molecular flexibility index (Phi) is 72.4. The number of aliphatic hydroxyl groups excluding tert-OH is 1. The summed E-state index contributed by atoms with van der Waals surface area (Å²) in [5.41, 5.74) is 0. The molecule has 5 atom stereocenters. The van der Waals surface area contributed by atoms with E-state index in [1.807, 2.05) is 12.2 Å². The molecule has 0 aromatic rings. The molecule has 0 radical (unpaired) electrons. The van der Waals surface area contributed by atoms with Gasteiger partial charge >= 0.3 is 39.5 Å². The number of unbranched alkanes of at least 4 members (excludes halogenated alkanes) is 24. The maximum absolute atomic E-state index is 13.1. The van der Waals surface area contributed by atoms with Gasteiger partial charge in [-0.25, -0.2) is 9.13 Å². The maximum Gasteiger partial charge on any atom is 0.472 e. The average molecular weight is 1500 g/mol. The molecule has 0 saturated heterocycles. The van der Waals surface area contributed by atoms with E-state index in [1.54, 1.807) is 0 Å². The molecule has 0 heterocycles. The van der Waals surface area contributed by atoms with Gasteiger partial charge in [-0.1, -0.05) is 270 Å². The lowest BCUT2D eigenvalue weighted by molar-refractivity contribution is -0.161. The number of hydrogen-bond acceptors (Lipinski definition) is 15. The summed E-state index contributed by atoms with van der Waals surface area (Å²) in [7, 11) is -9.99. The Bertz CT molecular complexity index is 2540. The normalized spacial score (nSPS) is 14.6. The summed E-state index contributed by atoms with van der Waals surface area (Å²) >= 11 is 0. The minimum Gasteiger partial charge on any atom is -0.462 e. The van der Waals surface area contributed by atoms with Crippen LogP contribution in [0.1, 0.15) is 310 Å². The van der Waals surface area contributed by atoms with Gasteiger partial charge in [-0.05, 0) is 161 Å². The molecule has 0 fully saturated rings. The molecule has 0 saturated carbocycles. The van der Waals surface area contributed by atoms with Crippen molar-refractivity contribution in [1.82, 2.24) is 0 Å². The lowest BCUT2D eigenvalue weighted by Gasteiger charge is -2.21. The first-order valence-corrected chi connectivity index (χ1v) is 43.1. The predicted molar refractivity (Wildman–Crippen MR) is 427 cm³/mol. The van der Waals surface area contributed by atoms with Crippen LogP contribution < -0.4 is 0 Å². The number of ether oxygens (including phenoxy) is 4. The van der Waals surface area contributed by atoms with Crippen molar-refractivity contribution in [2.75, 3.05) is 39.6 Å². The van der Waals surface area contributed by atoms with E-state index < -0.39 is 97.5 Å². The van der Waals surface area contributed by atoms with Crippen LogP contribution in [-0.4, -0.2) is 96.7 Å². The lowest BCUT2D eigenvalue weighted by atomic mass is 10.1. The lowest BCUT2D eigenvalue weighted by Crippen LogP contribution is -2.30. The van der Waals surface area contributed by atoms with E-state index in [1.165, 1.54) is 64.2 Å². The quantitative estimate of drug-likeness (QED) is 0.0169. The van der Waals surface area contributed by atoms with Gasteiger partial charge in [-0.3, -0.25) is 37.3 Å². The van der Waals surface area contributed by atoms with Gasteiger partial charge in [0.1, 0.15) is 19.3 Å². The number of phosphoric acid groups is 2. The first kappa shape index (κ1) is 98.9. The van der Waals surface area contributed by atoms with E-state index in [-0.39, 0.29) is 25.7 Å². The molecule has 594 valence electrons. The minimum absolute atomic E-state index is 0.0684. The Hall–Kier alpha value is -5.06. The second kappa shape index (κ2) is 76.1. The summed E-state index contributed by atoms with van der Waals surface area (Å²) in [6, 6.07) is 0. The molecule has 17 nitrogen and oxygen atoms in total. The number of carbonyl (C=O) groups is 4. The number of phosphoric ester groups is 2.